The van der Waals surface area contributed by atoms with Crippen LogP contribution in [-0.2, 0) is 0 Å². The number of hydrogen-bond acceptors (Lipinski definition) is 1. The standard InChI is InChI=1S/C23H26S/c1-7-8-14-20-17(2)15-16-21(23(4,5)6)22(24-18(20)3)19-12-10-9-11-13-19/h7-16H,1-2H2,3-6H3/b14-8-,16-15-,20-18-,22-21+. The average molecular weight is 335 g/mol. The van der Waals surface area contributed by atoms with E-state index in [-0.39, 0.29) is 5.41 Å². The molecule has 1 aliphatic heterocycles. The third kappa shape index (κ3) is 4.30. The summed E-state index contributed by atoms with van der Waals surface area (Å²) in [6.45, 7) is 17.0. The van der Waals surface area contributed by atoms with Crippen LogP contribution in [0.3, 0.4) is 0 Å². The first-order chi connectivity index (χ1) is 11.3. The van der Waals surface area contributed by atoms with Crippen LogP contribution in [0.15, 0.2) is 95.5 Å². The summed E-state index contributed by atoms with van der Waals surface area (Å²) < 4.78 is 0. The molecule has 0 spiro atoms. The van der Waals surface area contributed by atoms with Crippen LogP contribution in [-0.4, -0.2) is 0 Å². The Kier molecular flexibility index (Phi) is 5.90. The zero-order valence-electron chi connectivity index (χ0n) is 15.1. The van der Waals surface area contributed by atoms with E-state index >= 15 is 0 Å². The lowest BCUT2D eigenvalue weighted by Gasteiger charge is -2.27. The second kappa shape index (κ2) is 7.72. The lowest BCUT2D eigenvalue weighted by Crippen LogP contribution is -2.10. The predicted octanol–water partition coefficient (Wildman–Crippen LogP) is 7.32. The van der Waals surface area contributed by atoms with E-state index in [1.165, 1.54) is 20.9 Å². The third-order valence-electron chi connectivity index (χ3n) is 3.92. The molecule has 1 aliphatic rings. The second-order valence-corrected chi connectivity index (χ2v) is 8.11. The topological polar surface area (TPSA) is 0 Å². The zero-order chi connectivity index (χ0) is 17.7. The van der Waals surface area contributed by atoms with Crippen molar-refractivity contribution in [3.8, 4) is 0 Å². The number of allylic oxidation sites excluding steroid dienone is 9. The molecule has 0 bridgehead atoms. The molecule has 0 fully saturated rings. The molecule has 1 aromatic rings. The maximum atomic E-state index is 4.25. The molecule has 1 aromatic carbocycles. The highest BCUT2D eigenvalue weighted by Crippen LogP contribution is 2.45. The van der Waals surface area contributed by atoms with Crippen molar-refractivity contribution in [3.63, 3.8) is 0 Å². The zero-order valence-corrected chi connectivity index (χ0v) is 15.9. The summed E-state index contributed by atoms with van der Waals surface area (Å²) in [7, 11) is 0. The fourth-order valence-corrected chi connectivity index (χ4v) is 3.98. The lowest BCUT2D eigenvalue weighted by molar-refractivity contribution is 0.520. The smallest absolute Gasteiger partial charge is 0.0229 e. The Balaban J connectivity index is 2.68. The molecule has 0 radical (unpaired) electrons. The van der Waals surface area contributed by atoms with Gasteiger partial charge in [-0.15, -0.1) is 0 Å². The molecule has 24 heavy (non-hydrogen) atoms. The highest BCUT2D eigenvalue weighted by Gasteiger charge is 2.23. The molecule has 0 amide bonds. The van der Waals surface area contributed by atoms with Crippen molar-refractivity contribution in [2.45, 2.75) is 27.7 Å². The molecule has 0 atom stereocenters. The quantitative estimate of drug-likeness (QED) is 0.522. The van der Waals surface area contributed by atoms with E-state index in [0.29, 0.717) is 0 Å². The van der Waals surface area contributed by atoms with Crippen LogP contribution in [0.4, 0.5) is 0 Å². The maximum absolute atomic E-state index is 4.25. The van der Waals surface area contributed by atoms with Gasteiger partial charge in [-0.05, 0) is 39.5 Å². The molecular weight excluding hydrogens is 308 g/mol. The summed E-state index contributed by atoms with van der Waals surface area (Å²) in [6, 6.07) is 10.6. The first kappa shape index (κ1) is 18.4. The van der Waals surface area contributed by atoms with E-state index in [1.54, 1.807) is 6.08 Å². The van der Waals surface area contributed by atoms with Crippen LogP contribution >= 0.6 is 11.8 Å². The molecule has 2 rings (SSSR count). The van der Waals surface area contributed by atoms with Crippen molar-refractivity contribution in [2.75, 3.05) is 0 Å². The Hall–Kier alpha value is -1.99. The van der Waals surface area contributed by atoms with E-state index in [1.807, 2.05) is 17.8 Å². The lowest BCUT2D eigenvalue weighted by atomic mass is 9.84. The largest absolute Gasteiger partial charge is 0.0991 e. The normalized spacial score (nSPS) is 23.9. The van der Waals surface area contributed by atoms with Crippen LogP contribution in [0.5, 0.6) is 0 Å². The van der Waals surface area contributed by atoms with Crippen LogP contribution in [0.25, 0.3) is 4.91 Å². The maximum Gasteiger partial charge on any atom is 0.0229 e. The first-order valence-corrected chi connectivity index (χ1v) is 9.01. The average Bonchev–Trinajstić information content (AvgIpc) is 2.52. The first-order valence-electron chi connectivity index (χ1n) is 8.20. The van der Waals surface area contributed by atoms with Gasteiger partial charge in [0.05, 0.1) is 0 Å². The van der Waals surface area contributed by atoms with Crippen molar-refractivity contribution in [1.29, 1.82) is 0 Å². The molecule has 0 aliphatic carbocycles. The molecule has 124 valence electrons. The predicted molar refractivity (Wildman–Crippen MR) is 111 cm³/mol. The van der Waals surface area contributed by atoms with Crippen LogP contribution in [0.1, 0.15) is 33.3 Å². The minimum Gasteiger partial charge on any atom is -0.0991 e. The van der Waals surface area contributed by atoms with Crippen LogP contribution in [0, 0.1) is 5.41 Å². The Morgan fingerprint density at radius 3 is 2.29 bits per heavy atom. The van der Waals surface area contributed by atoms with E-state index in [2.05, 4.69) is 89.4 Å². The Bertz CT molecular complexity index is 747. The third-order valence-corrected chi connectivity index (χ3v) is 5.11. The number of thioether (sulfide) groups is 1. The summed E-state index contributed by atoms with van der Waals surface area (Å²) in [5.41, 5.74) is 4.86. The van der Waals surface area contributed by atoms with Gasteiger partial charge in [-0.25, -0.2) is 0 Å². The number of benzene rings is 1. The van der Waals surface area contributed by atoms with E-state index in [9.17, 15) is 0 Å². The molecule has 0 aromatic heterocycles. The molecule has 0 unspecified atom stereocenters. The molecule has 0 saturated carbocycles. The SMILES string of the molecule is C=C/C=C\C1=C(/C)S/C(c2ccccc2)=C(C(C)(C)C)\C=C/C1=C. The minimum atomic E-state index is 0.0592. The Morgan fingerprint density at radius 2 is 1.71 bits per heavy atom. The van der Waals surface area contributed by atoms with E-state index < -0.39 is 0 Å². The molecule has 1 heteroatoms. The number of rotatable bonds is 3. The van der Waals surface area contributed by atoms with Crippen molar-refractivity contribution in [1.82, 2.24) is 0 Å². The highest BCUT2D eigenvalue weighted by atomic mass is 32.2. The van der Waals surface area contributed by atoms with Gasteiger partial charge in [0.1, 0.15) is 0 Å². The molecule has 0 nitrogen and oxygen atoms in total. The van der Waals surface area contributed by atoms with E-state index in [0.717, 1.165) is 11.1 Å². The summed E-state index contributed by atoms with van der Waals surface area (Å²) in [6.07, 6.45) is 10.2. The van der Waals surface area contributed by atoms with Crippen molar-refractivity contribution >= 4 is 16.7 Å². The van der Waals surface area contributed by atoms with Gasteiger partial charge in [-0.3, -0.25) is 0 Å². The van der Waals surface area contributed by atoms with E-state index in [4.69, 9.17) is 0 Å². The summed E-state index contributed by atoms with van der Waals surface area (Å²) in [5, 5.41) is 0. The highest BCUT2D eigenvalue weighted by molar-refractivity contribution is 8.11. The van der Waals surface area contributed by atoms with Gasteiger partial charge in [-0.2, -0.15) is 0 Å². The second-order valence-electron chi connectivity index (χ2n) is 6.88. The summed E-state index contributed by atoms with van der Waals surface area (Å²) >= 11 is 1.83. The van der Waals surface area contributed by atoms with Gasteiger partial charge in [0.15, 0.2) is 0 Å². The van der Waals surface area contributed by atoms with Crippen molar-refractivity contribution < 1.29 is 0 Å². The Morgan fingerprint density at radius 1 is 1.04 bits per heavy atom. The summed E-state index contributed by atoms with van der Waals surface area (Å²) in [5.74, 6) is 0. The Labute approximate surface area is 151 Å². The summed E-state index contributed by atoms with van der Waals surface area (Å²) in [4.78, 5) is 2.57. The van der Waals surface area contributed by atoms with Gasteiger partial charge in [-0.1, -0.05) is 106 Å². The van der Waals surface area contributed by atoms with Gasteiger partial charge in [0.2, 0.25) is 0 Å². The van der Waals surface area contributed by atoms with Crippen molar-refractivity contribution in [3.05, 3.63) is 101 Å². The van der Waals surface area contributed by atoms with Gasteiger partial charge in [0, 0.05) is 4.91 Å². The van der Waals surface area contributed by atoms with Crippen molar-refractivity contribution in [2.24, 2.45) is 5.41 Å². The van der Waals surface area contributed by atoms with Gasteiger partial charge >= 0.3 is 0 Å². The number of hydrogen-bond donors (Lipinski definition) is 0. The minimum absolute atomic E-state index is 0.0592. The van der Waals surface area contributed by atoms with Crippen LogP contribution < -0.4 is 0 Å². The van der Waals surface area contributed by atoms with Gasteiger partial charge < -0.3 is 0 Å². The molecule has 0 saturated heterocycles. The van der Waals surface area contributed by atoms with Crippen LogP contribution in [0.2, 0.25) is 0 Å². The van der Waals surface area contributed by atoms with Gasteiger partial charge in [0.25, 0.3) is 0 Å². The monoisotopic (exact) mass is 334 g/mol. The molecular formula is C23H26S. The molecule has 0 N–H and O–H groups in total. The fourth-order valence-electron chi connectivity index (χ4n) is 2.62. The molecule has 1 heterocycles. The fraction of sp³-hybridized carbons (Fsp3) is 0.217.